The molecular formula is C18H16BFN4O2. The lowest BCUT2D eigenvalue weighted by Gasteiger charge is -2.17. The second kappa shape index (κ2) is 6.82. The molecule has 1 aromatic heterocycles. The Labute approximate surface area is 150 Å². The number of fused-ring (bicyclic) bond motifs is 2. The van der Waals surface area contributed by atoms with Crippen molar-refractivity contribution in [3.63, 3.8) is 0 Å². The summed E-state index contributed by atoms with van der Waals surface area (Å²) in [4.78, 5) is 8.43. The number of anilines is 1. The van der Waals surface area contributed by atoms with E-state index < -0.39 is 7.12 Å². The van der Waals surface area contributed by atoms with Gasteiger partial charge in [0.2, 0.25) is 0 Å². The number of benzene rings is 2. The van der Waals surface area contributed by atoms with E-state index in [1.165, 1.54) is 18.5 Å². The molecule has 0 saturated carbocycles. The van der Waals surface area contributed by atoms with E-state index in [0.717, 1.165) is 22.0 Å². The number of hydrogen-bond acceptors (Lipinski definition) is 6. The van der Waals surface area contributed by atoms with Crippen LogP contribution in [0.1, 0.15) is 18.1 Å². The maximum atomic E-state index is 13.4. The highest BCUT2D eigenvalue weighted by atomic mass is 19.1. The Kier molecular flexibility index (Phi) is 4.36. The zero-order chi connectivity index (χ0) is 18.1. The Balaban J connectivity index is 1.65. The van der Waals surface area contributed by atoms with Gasteiger partial charge in [-0.25, -0.2) is 19.4 Å². The van der Waals surface area contributed by atoms with Gasteiger partial charge >= 0.3 is 7.12 Å². The van der Waals surface area contributed by atoms with Gasteiger partial charge in [-0.1, -0.05) is 12.1 Å². The lowest BCUT2D eigenvalue weighted by Crippen LogP contribution is -2.27. The minimum Gasteiger partial charge on any atom is -0.423 e. The van der Waals surface area contributed by atoms with Gasteiger partial charge in [0.1, 0.15) is 12.1 Å². The molecule has 1 aliphatic heterocycles. The zero-order valence-corrected chi connectivity index (χ0v) is 14.1. The molecule has 0 amide bonds. The Morgan fingerprint density at radius 3 is 3.04 bits per heavy atom. The van der Waals surface area contributed by atoms with Crippen LogP contribution in [0.3, 0.4) is 0 Å². The summed E-state index contributed by atoms with van der Waals surface area (Å²) in [6, 6.07) is 10.1. The SMILES string of the molecule is CCN(/N=C/c1ccc2c(c1)COB2O)c1ncnc2cc(F)ccc12. The largest absolute Gasteiger partial charge is 0.491 e. The van der Waals surface area contributed by atoms with Gasteiger partial charge in [-0.3, -0.25) is 0 Å². The van der Waals surface area contributed by atoms with Crippen molar-refractivity contribution in [2.75, 3.05) is 11.6 Å². The van der Waals surface area contributed by atoms with Gasteiger partial charge in [0, 0.05) is 18.0 Å². The monoisotopic (exact) mass is 350 g/mol. The van der Waals surface area contributed by atoms with Gasteiger partial charge in [0.05, 0.1) is 18.3 Å². The maximum Gasteiger partial charge on any atom is 0.491 e. The van der Waals surface area contributed by atoms with Crippen molar-refractivity contribution in [2.24, 2.45) is 5.10 Å². The van der Waals surface area contributed by atoms with E-state index in [2.05, 4.69) is 15.1 Å². The lowest BCUT2D eigenvalue weighted by atomic mass is 9.79. The highest BCUT2D eigenvalue weighted by Crippen LogP contribution is 2.23. The van der Waals surface area contributed by atoms with Crippen LogP contribution in [-0.2, 0) is 11.3 Å². The van der Waals surface area contributed by atoms with Crippen LogP contribution in [0.25, 0.3) is 10.9 Å². The molecule has 3 aromatic rings. The fourth-order valence-electron chi connectivity index (χ4n) is 2.97. The average Bonchev–Trinajstić information content (AvgIpc) is 3.02. The van der Waals surface area contributed by atoms with E-state index in [-0.39, 0.29) is 5.82 Å². The number of nitrogens with zero attached hydrogens (tertiary/aromatic N) is 4. The molecule has 0 atom stereocenters. The lowest BCUT2D eigenvalue weighted by molar-refractivity contribution is 0.275. The molecule has 0 radical (unpaired) electrons. The predicted octanol–water partition coefficient (Wildman–Crippen LogP) is 1.85. The fourth-order valence-corrected chi connectivity index (χ4v) is 2.97. The molecule has 130 valence electrons. The van der Waals surface area contributed by atoms with Crippen LogP contribution in [0, 0.1) is 5.82 Å². The van der Waals surface area contributed by atoms with Gasteiger partial charge < -0.3 is 9.68 Å². The highest BCUT2D eigenvalue weighted by Gasteiger charge is 2.26. The summed E-state index contributed by atoms with van der Waals surface area (Å²) in [6.45, 7) is 2.94. The Bertz CT molecular complexity index is 998. The van der Waals surface area contributed by atoms with Crippen molar-refractivity contribution in [3.8, 4) is 0 Å². The summed E-state index contributed by atoms with van der Waals surface area (Å²) in [5.74, 6) is 0.282. The van der Waals surface area contributed by atoms with E-state index >= 15 is 0 Å². The average molecular weight is 350 g/mol. The number of halogens is 1. The van der Waals surface area contributed by atoms with Gasteiger partial charge in [0.25, 0.3) is 0 Å². The van der Waals surface area contributed by atoms with Crippen molar-refractivity contribution in [3.05, 3.63) is 59.7 Å². The Hall–Kier alpha value is -2.84. The van der Waals surface area contributed by atoms with Crippen molar-refractivity contribution in [2.45, 2.75) is 13.5 Å². The maximum absolute atomic E-state index is 13.4. The van der Waals surface area contributed by atoms with E-state index in [0.29, 0.717) is 24.5 Å². The first-order chi connectivity index (χ1) is 12.7. The molecule has 4 rings (SSSR count). The molecule has 6 nitrogen and oxygen atoms in total. The van der Waals surface area contributed by atoms with Crippen LogP contribution < -0.4 is 10.5 Å². The summed E-state index contributed by atoms with van der Waals surface area (Å²) in [5, 5.41) is 16.7. The molecule has 1 N–H and O–H groups in total. The fraction of sp³-hybridized carbons (Fsp3) is 0.167. The van der Waals surface area contributed by atoms with Gasteiger partial charge in [-0.15, -0.1) is 0 Å². The minimum absolute atomic E-state index is 0.337. The number of rotatable bonds is 4. The van der Waals surface area contributed by atoms with Crippen LogP contribution in [0.15, 0.2) is 47.8 Å². The molecule has 1 aliphatic rings. The van der Waals surface area contributed by atoms with Crippen LogP contribution in [0.4, 0.5) is 10.2 Å². The molecule has 0 spiro atoms. The normalized spacial score (nSPS) is 13.6. The van der Waals surface area contributed by atoms with Crippen molar-refractivity contribution >= 4 is 35.5 Å². The summed E-state index contributed by atoms with van der Waals surface area (Å²) < 4.78 is 18.6. The second-order valence-corrected chi connectivity index (χ2v) is 5.94. The van der Waals surface area contributed by atoms with E-state index in [9.17, 15) is 9.41 Å². The number of hydrazone groups is 1. The summed E-state index contributed by atoms with van der Waals surface area (Å²) in [5.41, 5.74) is 3.17. The molecule has 0 fully saturated rings. The first-order valence-electron chi connectivity index (χ1n) is 8.30. The molecule has 0 bridgehead atoms. The molecule has 0 saturated heterocycles. The quantitative estimate of drug-likeness (QED) is 0.442. The van der Waals surface area contributed by atoms with Crippen molar-refractivity contribution < 1.29 is 14.1 Å². The third-order valence-corrected chi connectivity index (χ3v) is 4.30. The summed E-state index contributed by atoms with van der Waals surface area (Å²) in [6.07, 6.45) is 3.13. The summed E-state index contributed by atoms with van der Waals surface area (Å²) >= 11 is 0. The standard InChI is InChI=1S/C18H16BFN4O2/c1-2-24(18-15-5-4-14(20)8-17(15)21-11-22-18)23-9-12-3-6-16-13(7-12)10-26-19(16)25/h3-9,11,25H,2,10H2,1H3/b23-9+. The van der Waals surface area contributed by atoms with E-state index in [4.69, 9.17) is 4.65 Å². The third-order valence-electron chi connectivity index (χ3n) is 4.30. The molecule has 2 aromatic carbocycles. The third kappa shape index (κ3) is 3.04. The summed E-state index contributed by atoms with van der Waals surface area (Å²) in [7, 11) is -0.851. The van der Waals surface area contributed by atoms with Gasteiger partial charge in [-0.2, -0.15) is 5.10 Å². The smallest absolute Gasteiger partial charge is 0.423 e. The highest BCUT2D eigenvalue weighted by molar-refractivity contribution is 6.61. The molecule has 2 heterocycles. The van der Waals surface area contributed by atoms with Gasteiger partial charge in [-0.05, 0) is 41.7 Å². The van der Waals surface area contributed by atoms with Crippen LogP contribution in [0.2, 0.25) is 0 Å². The van der Waals surface area contributed by atoms with Crippen LogP contribution in [0.5, 0.6) is 0 Å². The molecule has 8 heteroatoms. The first-order valence-corrected chi connectivity index (χ1v) is 8.30. The van der Waals surface area contributed by atoms with Crippen molar-refractivity contribution in [1.29, 1.82) is 0 Å². The zero-order valence-electron chi connectivity index (χ0n) is 14.1. The van der Waals surface area contributed by atoms with Crippen LogP contribution in [-0.4, -0.2) is 34.9 Å². The molecular weight excluding hydrogens is 334 g/mol. The molecule has 0 unspecified atom stereocenters. The minimum atomic E-state index is -0.851. The predicted molar refractivity (Wildman–Crippen MR) is 98.9 cm³/mol. The first kappa shape index (κ1) is 16.6. The Morgan fingerprint density at radius 2 is 2.19 bits per heavy atom. The van der Waals surface area contributed by atoms with Crippen LogP contribution >= 0.6 is 0 Å². The van der Waals surface area contributed by atoms with Crippen molar-refractivity contribution in [1.82, 2.24) is 9.97 Å². The molecule has 0 aliphatic carbocycles. The topological polar surface area (TPSA) is 70.8 Å². The number of hydrogen-bond donors (Lipinski definition) is 1. The molecule has 26 heavy (non-hydrogen) atoms. The Morgan fingerprint density at radius 1 is 1.31 bits per heavy atom. The van der Waals surface area contributed by atoms with E-state index in [1.807, 2.05) is 25.1 Å². The van der Waals surface area contributed by atoms with Gasteiger partial charge in [0.15, 0.2) is 5.82 Å². The second-order valence-electron chi connectivity index (χ2n) is 5.94. The number of aromatic nitrogens is 2. The van der Waals surface area contributed by atoms with E-state index in [1.54, 1.807) is 17.3 Å².